The van der Waals surface area contributed by atoms with Crippen molar-refractivity contribution >= 4 is 22.3 Å². The first-order valence-corrected chi connectivity index (χ1v) is 48.1. The van der Waals surface area contributed by atoms with Crippen LogP contribution in [0.5, 0.6) is 0 Å². The Kier molecular flexibility index (Phi) is 38.3. The number of fused-ring (bicyclic) bond motifs is 5. The van der Waals surface area contributed by atoms with Crippen LogP contribution in [0.1, 0.15) is 165 Å². The molecule has 0 fully saturated rings. The van der Waals surface area contributed by atoms with Crippen LogP contribution in [0.2, 0.25) is 0 Å². The van der Waals surface area contributed by atoms with Crippen LogP contribution in [-0.2, 0) is 129 Å². The van der Waals surface area contributed by atoms with Gasteiger partial charge in [0.05, 0.1) is 11.4 Å². The minimum atomic E-state index is -0.747. The largest absolute Gasteiger partial charge is 2.00 e. The first-order valence-electron chi connectivity index (χ1n) is 48.1. The molecule has 750 valence electrons. The first-order chi connectivity index (χ1) is 69.0. The SMILES string of the molecule is CC(C)(C)c1ccc(-c2nnc(-c3cc[c-]c(-c4ccccn4)c3)o2)cc1.CC(C)(C)c1ccc2c(c1)C(c1cccc(-c3[c-]cccc3)n1)(c1cccc(-c3[c-]cccc3)n1)c1cc(C(C)(C)C)ccc1-2.CC1(C)c2c([c-]ccc2F)-c2nccc3cccc1c23.Cc1ccc(-c2cc[c-]c(-c3ccccn3)c2)cc1C.Cc1cnc(-c2[c-]cccc2)c(C)c1.O=C(C=C(O)c1ccccc1)c1ccccc1.[Ir].[Ir].[Ir].[Ir].[Pt+2]. The summed E-state index contributed by atoms with van der Waals surface area (Å²) < 4.78 is 20.3. The Morgan fingerprint density at radius 1 is 0.372 bits per heavy atom. The molecule has 0 bridgehead atoms. The predicted octanol–water partition coefficient (Wildman–Crippen LogP) is 31.9. The summed E-state index contributed by atoms with van der Waals surface area (Å²) in [6.45, 7) is 32.8. The van der Waals surface area contributed by atoms with Gasteiger partial charge < -0.3 is 29.5 Å². The van der Waals surface area contributed by atoms with E-state index in [0.717, 1.165) is 106 Å². The molecule has 0 saturated carbocycles. The number of allylic oxidation sites excluding steroid dienone is 1. The monoisotopic (exact) mass is 2830 g/mol. The number of aliphatic hydroxyl groups is 1. The van der Waals surface area contributed by atoms with Crippen molar-refractivity contribution in [1.29, 1.82) is 0 Å². The molecular weight excluding hydrogens is 2720 g/mol. The van der Waals surface area contributed by atoms with Gasteiger partial charge in [0, 0.05) is 134 Å². The van der Waals surface area contributed by atoms with Gasteiger partial charge in [-0.1, -0.05) is 287 Å². The molecule has 148 heavy (non-hydrogen) atoms. The van der Waals surface area contributed by atoms with Crippen molar-refractivity contribution in [3.63, 3.8) is 0 Å². The van der Waals surface area contributed by atoms with Crippen molar-refractivity contribution in [2.24, 2.45) is 0 Å². The Hall–Kier alpha value is -13.4. The molecule has 2 aliphatic carbocycles. The average Bonchev–Trinajstić information content (AvgIpc) is 1.52. The molecule has 7 aromatic heterocycles. The van der Waals surface area contributed by atoms with Gasteiger partial charge in [-0.05, 0) is 209 Å². The number of hydrogen-bond acceptors (Lipinski definition) is 11. The molecule has 20 aromatic rings. The van der Waals surface area contributed by atoms with Crippen molar-refractivity contribution in [3.8, 4) is 113 Å². The van der Waals surface area contributed by atoms with Crippen LogP contribution in [0, 0.1) is 69.9 Å². The summed E-state index contributed by atoms with van der Waals surface area (Å²) >= 11 is 0. The fourth-order valence-electron chi connectivity index (χ4n) is 18.1. The molecule has 7 heterocycles. The number of hydrogen-bond donors (Lipinski definition) is 1. The summed E-state index contributed by atoms with van der Waals surface area (Å²) in [6, 6.07) is 140. The van der Waals surface area contributed by atoms with Gasteiger partial charge in [-0.2, -0.15) is 0 Å². The molecule has 4 radical (unpaired) electrons. The molecule has 0 spiro atoms. The maximum absolute atomic E-state index is 14.4. The fraction of sp³-hybridized carbons (Fsp3) is 0.153. The number of aromatic nitrogens is 8. The number of rotatable bonds is 13. The number of carbonyl (C=O) groups is 1. The maximum atomic E-state index is 14.4. The average molecular weight is 2830 g/mol. The molecular formula is C131H111FIr4N8O3Pt-4. The molecule has 22 rings (SSSR count). The van der Waals surface area contributed by atoms with E-state index in [9.17, 15) is 14.3 Å². The standard InChI is InChI=1S/C43H38N2.C23H20N3O.C19H16N.C18H13FN.C15H12O2.C13H12N.4Ir.Pt/c1-41(2,3)31-23-25-33-34-26-24-32(42(4,5)6)28-36(34)43(35(33)27-31,39-21-13-19-37(44-39)29-15-9-7-10-16-29)40-22-14-20-38(45-40)30-17-11-8-12-18-30;1-23(2,3)19-12-10-16(11-13-19)21-25-26-22(27-21)18-8-6-7-17(15-18)20-9-4-5-14-24-20;1-14-9-10-17(12-15(14)2)16-6-5-7-18(13-16)19-8-3-4-11-20-19;1-18(2)13-7-3-5-11-9-10-20-17(15(11)13)12-6-4-8-14(19)16(12)18;16-14(12-7-3-1-4-8-12)11-15(17)13-9-5-2-6-10-13;1-10-8-11(2)13(14-9-10)12-6-4-3-5-7-12;;;;;/h7-15,17,19-28H,1-6H3;4-6,8-15H,1-3H3;3-6,8-13H,1-2H3;3-5,7-10H,1-2H3;1-11,16H;3-6,8-9H,1-2H3;;;;;/q-2;3*-1;;-1;;;;;+2. The van der Waals surface area contributed by atoms with Crippen molar-refractivity contribution < 1.29 is 120 Å². The number of ketones is 1. The molecule has 0 aliphatic heterocycles. The number of pyridine rings is 6. The predicted molar refractivity (Wildman–Crippen MR) is 579 cm³/mol. The zero-order valence-corrected chi connectivity index (χ0v) is 96.7. The van der Waals surface area contributed by atoms with Gasteiger partial charge in [-0.25, -0.2) is 4.39 Å². The topological polar surface area (TPSA) is 154 Å². The Balaban J connectivity index is 0.000000164. The van der Waals surface area contributed by atoms with E-state index in [1.165, 1.54) is 84.5 Å². The molecule has 0 atom stereocenters. The Morgan fingerprint density at radius 3 is 1.35 bits per heavy atom. The summed E-state index contributed by atoms with van der Waals surface area (Å²) in [6.07, 6.45) is 8.49. The fourth-order valence-corrected chi connectivity index (χ4v) is 18.1. The Morgan fingerprint density at radius 2 is 0.838 bits per heavy atom. The van der Waals surface area contributed by atoms with E-state index < -0.39 is 5.41 Å². The molecule has 0 amide bonds. The van der Waals surface area contributed by atoms with Crippen LogP contribution in [0.3, 0.4) is 0 Å². The van der Waals surface area contributed by atoms with E-state index >= 15 is 0 Å². The molecule has 13 aromatic carbocycles. The number of carbonyl (C=O) groups excluding carboxylic acids is 1. The zero-order valence-electron chi connectivity index (χ0n) is 84.9. The summed E-state index contributed by atoms with van der Waals surface area (Å²) in [7, 11) is 0. The second-order valence-electron chi connectivity index (χ2n) is 39.4. The molecule has 0 unspecified atom stereocenters. The summed E-state index contributed by atoms with van der Waals surface area (Å²) in [5.41, 5.74) is 33.0. The van der Waals surface area contributed by atoms with Gasteiger partial charge >= 0.3 is 21.1 Å². The third-order valence-corrected chi connectivity index (χ3v) is 25.9. The van der Waals surface area contributed by atoms with Gasteiger partial charge in [0.1, 0.15) is 11.2 Å². The smallest absolute Gasteiger partial charge is 0.507 e. The van der Waals surface area contributed by atoms with E-state index in [1.54, 1.807) is 54.9 Å². The zero-order chi connectivity index (χ0) is 100. The van der Waals surface area contributed by atoms with Crippen LogP contribution in [0.25, 0.3) is 129 Å². The van der Waals surface area contributed by atoms with Crippen LogP contribution < -0.4 is 0 Å². The third-order valence-electron chi connectivity index (χ3n) is 25.9. The van der Waals surface area contributed by atoms with E-state index in [1.807, 2.05) is 182 Å². The van der Waals surface area contributed by atoms with E-state index in [-0.39, 0.29) is 141 Å². The first kappa shape index (κ1) is 113. The number of halogens is 1. The van der Waals surface area contributed by atoms with Crippen molar-refractivity contribution in [1.82, 2.24) is 40.1 Å². The summed E-state index contributed by atoms with van der Waals surface area (Å²) in [4.78, 5) is 40.4. The maximum Gasteiger partial charge on any atom is 2.00 e. The quantitative estimate of drug-likeness (QED) is 0.0508. The van der Waals surface area contributed by atoms with Crippen LogP contribution in [0.15, 0.2) is 399 Å². The van der Waals surface area contributed by atoms with Gasteiger partial charge in [0.2, 0.25) is 11.8 Å². The van der Waals surface area contributed by atoms with Crippen molar-refractivity contribution in [2.45, 2.75) is 131 Å². The Labute approximate surface area is 938 Å². The summed E-state index contributed by atoms with van der Waals surface area (Å²) in [5.74, 6) is 0.595. The minimum absolute atomic E-state index is 0. The molecule has 0 saturated heterocycles. The molecule has 11 nitrogen and oxygen atoms in total. The number of aliphatic hydroxyl groups excluding tert-OH is 1. The van der Waals surface area contributed by atoms with E-state index in [0.29, 0.717) is 28.5 Å². The number of aryl methyl sites for hydroxylation is 4. The normalized spacial score (nSPS) is 12.0. The molecule has 1 N–H and O–H groups in total. The second-order valence-corrected chi connectivity index (χ2v) is 39.4. The molecule has 2 aliphatic rings. The van der Waals surface area contributed by atoms with Gasteiger partial charge in [0.25, 0.3) is 0 Å². The second kappa shape index (κ2) is 50.1. The number of benzene rings is 13. The molecule has 17 heteroatoms. The van der Waals surface area contributed by atoms with Gasteiger partial charge in [-0.3, -0.25) is 14.8 Å². The van der Waals surface area contributed by atoms with Crippen LogP contribution >= 0.6 is 0 Å². The van der Waals surface area contributed by atoms with Crippen molar-refractivity contribution in [2.75, 3.05) is 0 Å². The van der Waals surface area contributed by atoms with Gasteiger partial charge in [0.15, 0.2) is 5.78 Å². The Bertz CT molecular complexity index is 7790. The summed E-state index contributed by atoms with van der Waals surface area (Å²) in [5, 5.41) is 20.5. The number of nitrogens with zero attached hydrogens (tertiary/aromatic N) is 8. The van der Waals surface area contributed by atoms with Crippen molar-refractivity contribution in [3.05, 3.63) is 521 Å². The van der Waals surface area contributed by atoms with Gasteiger partial charge in [-0.15, -0.1) is 207 Å². The van der Waals surface area contributed by atoms with Crippen LogP contribution in [-0.4, -0.2) is 51.0 Å². The van der Waals surface area contributed by atoms with Crippen LogP contribution in [0.4, 0.5) is 4.39 Å². The third kappa shape index (κ3) is 25.9. The minimum Gasteiger partial charge on any atom is -0.507 e. The van der Waals surface area contributed by atoms with E-state index in [2.05, 4.69) is 316 Å². The van der Waals surface area contributed by atoms with E-state index in [4.69, 9.17) is 14.4 Å².